The van der Waals surface area contributed by atoms with E-state index in [0.717, 1.165) is 0 Å². The predicted molar refractivity (Wildman–Crippen MR) is 77.0 cm³/mol. The zero-order chi connectivity index (χ0) is 16.0. The van der Waals surface area contributed by atoms with Gasteiger partial charge in [0.15, 0.2) is 11.6 Å². The Bertz CT molecular complexity index is 454. The molecule has 0 radical (unpaired) electrons. The van der Waals surface area contributed by atoms with Crippen molar-refractivity contribution in [1.29, 1.82) is 0 Å². The van der Waals surface area contributed by atoms with Gasteiger partial charge >= 0.3 is 0 Å². The van der Waals surface area contributed by atoms with Crippen molar-refractivity contribution >= 4 is 0 Å². The first-order valence-corrected chi connectivity index (χ1v) is 7.65. The molecule has 0 aromatic heterocycles. The van der Waals surface area contributed by atoms with Crippen LogP contribution in [0.15, 0.2) is 0 Å². The van der Waals surface area contributed by atoms with E-state index in [-0.39, 0.29) is 37.1 Å². The van der Waals surface area contributed by atoms with Crippen LogP contribution in [0.5, 0.6) is 0 Å². The number of rotatable bonds is 3. The van der Waals surface area contributed by atoms with Gasteiger partial charge in [-0.1, -0.05) is 5.92 Å². The molecule has 0 aliphatic carbocycles. The Morgan fingerprint density at radius 3 is 2.32 bits per heavy atom. The molecule has 22 heavy (non-hydrogen) atoms. The molecule has 3 aliphatic heterocycles. The topological polar surface area (TPSA) is 55.4 Å². The van der Waals surface area contributed by atoms with Crippen molar-refractivity contribution in [1.82, 2.24) is 0 Å². The van der Waals surface area contributed by atoms with E-state index in [4.69, 9.17) is 34.8 Å². The summed E-state index contributed by atoms with van der Waals surface area (Å²) in [5, 5.41) is 0. The Hall–Kier alpha value is -0.680. The van der Waals surface area contributed by atoms with Gasteiger partial charge in [0.05, 0.1) is 13.2 Å². The summed E-state index contributed by atoms with van der Waals surface area (Å²) in [6, 6.07) is 0. The number of terminal acetylenes is 1. The first-order valence-electron chi connectivity index (χ1n) is 7.65. The Morgan fingerprint density at radius 1 is 1.00 bits per heavy atom. The van der Waals surface area contributed by atoms with Crippen LogP contribution in [0.2, 0.25) is 0 Å². The minimum atomic E-state index is -0.655. The molecule has 0 bridgehead atoms. The van der Waals surface area contributed by atoms with Crippen LogP contribution < -0.4 is 0 Å². The van der Waals surface area contributed by atoms with E-state index in [1.807, 2.05) is 27.7 Å². The van der Waals surface area contributed by atoms with Crippen LogP contribution in [-0.4, -0.2) is 61.9 Å². The van der Waals surface area contributed by atoms with Crippen molar-refractivity contribution in [2.24, 2.45) is 0 Å². The lowest BCUT2D eigenvalue weighted by Crippen LogP contribution is -2.57. The van der Waals surface area contributed by atoms with Gasteiger partial charge in [-0.25, -0.2) is 0 Å². The minimum Gasteiger partial charge on any atom is -0.370 e. The molecule has 124 valence electrons. The van der Waals surface area contributed by atoms with Gasteiger partial charge in [-0.05, 0) is 27.7 Å². The average molecular weight is 312 g/mol. The molecular weight excluding hydrogens is 288 g/mol. The standard InChI is InChI=1S/C16H24O6/c1-6-7-17-14-12(11-9-19-15(2,3)20-11)18-8-10-13(14)22-16(4,5)21-10/h1,10-14H,7-9H2,2-5H3. The third-order valence-electron chi connectivity index (χ3n) is 4.08. The molecule has 0 spiro atoms. The maximum atomic E-state index is 6.01. The van der Waals surface area contributed by atoms with E-state index in [2.05, 4.69) is 5.92 Å². The summed E-state index contributed by atoms with van der Waals surface area (Å²) in [6.07, 6.45) is 4.08. The van der Waals surface area contributed by atoms with Crippen molar-refractivity contribution in [3.05, 3.63) is 0 Å². The summed E-state index contributed by atoms with van der Waals surface area (Å²) in [5.74, 6) is 1.22. The Morgan fingerprint density at radius 2 is 1.68 bits per heavy atom. The highest BCUT2D eigenvalue weighted by Crippen LogP contribution is 2.38. The smallest absolute Gasteiger partial charge is 0.164 e. The highest BCUT2D eigenvalue weighted by Gasteiger charge is 2.55. The molecule has 6 nitrogen and oxygen atoms in total. The molecule has 0 saturated carbocycles. The van der Waals surface area contributed by atoms with Gasteiger partial charge in [-0.15, -0.1) is 6.42 Å². The van der Waals surface area contributed by atoms with Gasteiger partial charge < -0.3 is 28.4 Å². The lowest BCUT2D eigenvalue weighted by molar-refractivity contribution is -0.215. The molecule has 3 heterocycles. The number of hydrogen-bond donors (Lipinski definition) is 0. The molecule has 3 rings (SSSR count). The molecule has 5 atom stereocenters. The molecular formula is C16H24O6. The highest BCUT2D eigenvalue weighted by molar-refractivity contribution is 4.99. The molecule has 0 N–H and O–H groups in total. The second-order valence-corrected chi connectivity index (χ2v) is 6.78. The Balaban J connectivity index is 1.76. The fourth-order valence-electron chi connectivity index (χ4n) is 3.29. The SMILES string of the molecule is C#CCOC1C(C2COC(C)(C)O2)OCC2OC(C)(C)OC21. The fraction of sp³-hybridized carbons (Fsp3) is 0.875. The normalized spacial score (nSPS) is 42.8. The molecule has 3 aliphatic rings. The van der Waals surface area contributed by atoms with Crippen LogP contribution in [0.25, 0.3) is 0 Å². The first-order chi connectivity index (χ1) is 10.3. The quantitative estimate of drug-likeness (QED) is 0.727. The molecule has 6 heteroatoms. The van der Waals surface area contributed by atoms with E-state index in [9.17, 15) is 0 Å². The van der Waals surface area contributed by atoms with Gasteiger partial charge in [0.2, 0.25) is 0 Å². The zero-order valence-corrected chi connectivity index (χ0v) is 13.5. The van der Waals surface area contributed by atoms with Gasteiger partial charge in [0, 0.05) is 0 Å². The molecule has 0 aromatic carbocycles. The van der Waals surface area contributed by atoms with E-state index >= 15 is 0 Å². The second-order valence-electron chi connectivity index (χ2n) is 6.78. The molecule has 3 saturated heterocycles. The van der Waals surface area contributed by atoms with Crippen LogP contribution in [0, 0.1) is 12.3 Å². The average Bonchev–Trinajstić information content (AvgIpc) is 2.93. The van der Waals surface area contributed by atoms with Crippen molar-refractivity contribution in [3.63, 3.8) is 0 Å². The van der Waals surface area contributed by atoms with Gasteiger partial charge in [0.1, 0.15) is 37.1 Å². The second kappa shape index (κ2) is 5.75. The van der Waals surface area contributed by atoms with Crippen LogP contribution in [0.3, 0.4) is 0 Å². The van der Waals surface area contributed by atoms with E-state index < -0.39 is 11.6 Å². The minimum absolute atomic E-state index is 0.163. The largest absolute Gasteiger partial charge is 0.370 e. The van der Waals surface area contributed by atoms with E-state index in [1.54, 1.807) is 0 Å². The van der Waals surface area contributed by atoms with Crippen molar-refractivity contribution in [2.75, 3.05) is 19.8 Å². The Labute approximate surface area is 131 Å². The summed E-state index contributed by atoms with van der Waals surface area (Å²) < 4.78 is 35.2. The van der Waals surface area contributed by atoms with Crippen molar-refractivity contribution in [2.45, 2.75) is 69.8 Å². The first kappa shape index (κ1) is 16.2. The molecule has 3 fully saturated rings. The predicted octanol–water partition coefficient (Wildman–Crippen LogP) is 1.08. The van der Waals surface area contributed by atoms with Gasteiger partial charge in [0.25, 0.3) is 0 Å². The lowest BCUT2D eigenvalue weighted by atomic mass is 9.96. The number of fused-ring (bicyclic) bond motifs is 1. The third-order valence-corrected chi connectivity index (χ3v) is 4.08. The molecule has 0 aromatic rings. The van der Waals surface area contributed by atoms with Gasteiger partial charge in [-0.2, -0.15) is 0 Å². The highest BCUT2D eigenvalue weighted by atomic mass is 16.8. The zero-order valence-electron chi connectivity index (χ0n) is 13.5. The summed E-state index contributed by atoms with van der Waals surface area (Å²) in [7, 11) is 0. The maximum absolute atomic E-state index is 6.01. The fourth-order valence-corrected chi connectivity index (χ4v) is 3.29. The maximum Gasteiger partial charge on any atom is 0.164 e. The van der Waals surface area contributed by atoms with Crippen molar-refractivity contribution < 1.29 is 28.4 Å². The molecule has 5 unspecified atom stereocenters. The van der Waals surface area contributed by atoms with Crippen LogP contribution in [0.1, 0.15) is 27.7 Å². The van der Waals surface area contributed by atoms with E-state index in [1.165, 1.54) is 0 Å². The summed E-state index contributed by atoms with van der Waals surface area (Å²) >= 11 is 0. The van der Waals surface area contributed by atoms with Crippen LogP contribution in [-0.2, 0) is 28.4 Å². The number of ether oxygens (including phenoxy) is 6. The summed E-state index contributed by atoms with van der Waals surface area (Å²) in [5.41, 5.74) is 0. The van der Waals surface area contributed by atoms with Crippen LogP contribution >= 0.6 is 0 Å². The monoisotopic (exact) mass is 312 g/mol. The van der Waals surface area contributed by atoms with E-state index in [0.29, 0.717) is 13.2 Å². The summed E-state index contributed by atoms with van der Waals surface area (Å²) in [4.78, 5) is 0. The van der Waals surface area contributed by atoms with Gasteiger partial charge in [-0.3, -0.25) is 0 Å². The number of hydrogen-bond acceptors (Lipinski definition) is 6. The molecule has 0 amide bonds. The van der Waals surface area contributed by atoms with Crippen molar-refractivity contribution in [3.8, 4) is 12.3 Å². The lowest BCUT2D eigenvalue weighted by Gasteiger charge is -2.39. The Kier molecular flexibility index (Phi) is 4.23. The van der Waals surface area contributed by atoms with Crippen LogP contribution in [0.4, 0.5) is 0 Å². The third kappa shape index (κ3) is 3.16. The summed E-state index contributed by atoms with van der Waals surface area (Å²) in [6.45, 7) is 8.62.